The molecule has 1 saturated heterocycles. The van der Waals surface area contributed by atoms with Crippen molar-refractivity contribution in [3.63, 3.8) is 0 Å². The summed E-state index contributed by atoms with van der Waals surface area (Å²) in [4.78, 5) is 25.9. The maximum absolute atomic E-state index is 12.9. The van der Waals surface area contributed by atoms with Gasteiger partial charge in [0.15, 0.2) is 0 Å². The van der Waals surface area contributed by atoms with E-state index in [1.807, 2.05) is 6.07 Å². The molecule has 1 fully saturated rings. The summed E-state index contributed by atoms with van der Waals surface area (Å²) in [6, 6.07) is 7.08. The zero-order chi connectivity index (χ0) is 16.7. The SMILES string of the molecule is COC(=O)CCN(CC1CCCO1)C(=O)c1ccccc1OC. The highest BCUT2D eigenvalue weighted by Crippen LogP contribution is 2.21. The van der Waals surface area contributed by atoms with E-state index in [1.165, 1.54) is 14.2 Å². The molecule has 126 valence electrons. The van der Waals surface area contributed by atoms with Gasteiger partial charge in [-0.1, -0.05) is 12.1 Å². The van der Waals surface area contributed by atoms with Crippen LogP contribution in [-0.2, 0) is 14.3 Å². The van der Waals surface area contributed by atoms with E-state index in [2.05, 4.69) is 4.74 Å². The Labute approximate surface area is 136 Å². The van der Waals surface area contributed by atoms with E-state index in [0.717, 1.165) is 19.4 Å². The summed E-state index contributed by atoms with van der Waals surface area (Å²) >= 11 is 0. The second-order valence-electron chi connectivity index (χ2n) is 5.41. The molecule has 1 aromatic carbocycles. The molecule has 0 bridgehead atoms. The van der Waals surface area contributed by atoms with Crippen LogP contribution in [0.4, 0.5) is 0 Å². The molecular formula is C17H23NO5. The molecule has 0 aromatic heterocycles. The van der Waals surface area contributed by atoms with Gasteiger partial charge in [-0.25, -0.2) is 0 Å². The maximum atomic E-state index is 12.9. The van der Waals surface area contributed by atoms with E-state index < -0.39 is 0 Å². The van der Waals surface area contributed by atoms with E-state index in [-0.39, 0.29) is 24.4 Å². The molecule has 1 aromatic rings. The van der Waals surface area contributed by atoms with Crippen molar-refractivity contribution < 1.29 is 23.8 Å². The molecule has 23 heavy (non-hydrogen) atoms. The minimum absolute atomic E-state index is 0.0197. The van der Waals surface area contributed by atoms with Crippen molar-refractivity contribution >= 4 is 11.9 Å². The van der Waals surface area contributed by atoms with Gasteiger partial charge in [-0.3, -0.25) is 9.59 Å². The van der Waals surface area contributed by atoms with Crippen LogP contribution in [0, 0.1) is 0 Å². The third-order valence-electron chi connectivity index (χ3n) is 3.89. The van der Waals surface area contributed by atoms with Gasteiger partial charge in [0.25, 0.3) is 5.91 Å². The second kappa shape index (κ2) is 8.53. The Bertz CT molecular complexity index is 540. The number of methoxy groups -OCH3 is 2. The minimum atomic E-state index is -0.338. The third-order valence-corrected chi connectivity index (χ3v) is 3.89. The number of ether oxygens (including phenoxy) is 3. The molecule has 0 saturated carbocycles. The van der Waals surface area contributed by atoms with Crippen LogP contribution in [0.15, 0.2) is 24.3 Å². The number of nitrogens with zero attached hydrogens (tertiary/aromatic N) is 1. The van der Waals surface area contributed by atoms with Crippen LogP contribution in [0.5, 0.6) is 5.75 Å². The molecule has 2 rings (SSSR count). The number of rotatable bonds is 7. The molecule has 1 aliphatic rings. The van der Waals surface area contributed by atoms with Crippen molar-refractivity contribution in [3.8, 4) is 5.75 Å². The van der Waals surface area contributed by atoms with Crippen molar-refractivity contribution in [3.05, 3.63) is 29.8 Å². The Balaban J connectivity index is 2.13. The summed E-state index contributed by atoms with van der Waals surface area (Å²) < 4.78 is 15.5. The Kier molecular flexibility index (Phi) is 6.40. The molecule has 0 N–H and O–H groups in total. The molecule has 0 spiro atoms. The number of carbonyl (C=O) groups is 2. The second-order valence-corrected chi connectivity index (χ2v) is 5.41. The first kappa shape index (κ1) is 17.3. The smallest absolute Gasteiger partial charge is 0.307 e. The number of para-hydroxylation sites is 1. The molecule has 6 nitrogen and oxygen atoms in total. The molecule has 1 unspecified atom stereocenters. The van der Waals surface area contributed by atoms with Gasteiger partial charge in [0, 0.05) is 19.7 Å². The molecule has 1 heterocycles. The van der Waals surface area contributed by atoms with Gasteiger partial charge in [0.05, 0.1) is 32.3 Å². The Morgan fingerprint density at radius 1 is 1.30 bits per heavy atom. The van der Waals surface area contributed by atoms with Crippen LogP contribution < -0.4 is 4.74 Å². The summed E-state index contributed by atoms with van der Waals surface area (Å²) in [5.74, 6) is 0.0185. The van der Waals surface area contributed by atoms with Gasteiger partial charge in [-0.15, -0.1) is 0 Å². The lowest BCUT2D eigenvalue weighted by molar-refractivity contribution is -0.140. The van der Waals surface area contributed by atoms with Crippen LogP contribution in [0.25, 0.3) is 0 Å². The van der Waals surface area contributed by atoms with Crippen LogP contribution in [-0.4, -0.2) is 56.8 Å². The highest BCUT2D eigenvalue weighted by Gasteiger charge is 2.25. The maximum Gasteiger partial charge on any atom is 0.307 e. The van der Waals surface area contributed by atoms with E-state index in [9.17, 15) is 9.59 Å². The van der Waals surface area contributed by atoms with Gasteiger partial charge in [-0.2, -0.15) is 0 Å². The number of esters is 1. The Morgan fingerprint density at radius 2 is 2.09 bits per heavy atom. The fourth-order valence-corrected chi connectivity index (χ4v) is 2.63. The van der Waals surface area contributed by atoms with Gasteiger partial charge in [-0.05, 0) is 25.0 Å². The van der Waals surface area contributed by atoms with E-state index in [4.69, 9.17) is 9.47 Å². The van der Waals surface area contributed by atoms with Gasteiger partial charge in [0.1, 0.15) is 5.75 Å². The van der Waals surface area contributed by atoms with Crippen molar-refractivity contribution in [1.82, 2.24) is 4.90 Å². The lowest BCUT2D eigenvalue weighted by atomic mass is 10.1. The lowest BCUT2D eigenvalue weighted by Gasteiger charge is -2.25. The molecular weight excluding hydrogens is 298 g/mol. The molecule has 1 amide bonds. The number of amides is 1. The number of hydrogen-bond acceptors (Lipinski definition) is 5. The highest BCUT2D eigenvalue weighted by atomic mass is 16.5. The Hall–Kier alpha value is -2.08. The Morgan fingerprint density at radius 3 is 2.74 bits per heavy atom. The quantitative estimate of drug-likeness (QED) is 0.718. The summed E-state index contributed by atoms with van der Waals surface area (Å²) in [7, 11) is 2.87. The fourth-order valence-electron chi connectivity index (χ4n) is 2.63. The minimum Gasteiger partial charge on any atom is -0.496 e. The summed E-state index contributed by atoms with van der Waals surface area (Å²) in [6.45, 7) is 1.48. The van der Waals surface area contributed by atoms with Crippen molar-refractivity contribution in [1.29, 1.82) is 0 Å². The van der Waals surface area contributed by atoms with Gasteiger partial charge in [0.2, 0.25) is 0 Å². The third kappa shape index (κ3) is 4.69. The zero-order valence-electron chi connectivity index (χ0n) is 13.6. The zero-order valence-corrected chi connectivity index (χ0v) is 13.6. The first-order chi connectivity index (χ1) is 11.2. The van der Waals surface area contributed by atoms with E-state index in [1.54, 1.807) is 23.1 Å². The average molecular weight is 321 g/mol. The number of carbonyl (C=O) groups excluding carboxylic acids is 2. The standard InChI is InChI=1S/C17H23NO5/c1-21-15-8-4-3-7-14(15)17(20)18(10-9-16(19)22-2)12-13-6-5-11-23-13/h3-4,7-8,13H,5-6,9-12H2,1-2H3. The van der Waals surface area contributed by atoms with Crippen LogP contribution >= 0.6 is 0 Å². The number of benzene rings is 1. The predicted octanol–water partition coefficient (Wildman–Crippen LogP) is 1.88. The molecule has 6 heteroatoms. The molecule has 1 aliphatic heterocycles. The van der Waals surface area contributed by atoms with Gasteiger partial charge >= 0.3 is 5.97 Å². The van der Waals surface area contributed by atoms with E-state index >= 15 is 0 Å². The number of hydrogen-bond donors (Lipinski definition) is 0. The molecule has 0 aliphatic carbocycles. The lowest BCUT2D eigenvalue weighted by Crippen LogP contribution is -2.39. The van der Waals surface area contributed by atoms with Crippen LogP contribution in [0.2, 0.25) is 0 Å². The van der Waals surface area contributed by atoms with Crippen molar-refractivity contribution in [2.24, 2.45) is 0 Å². The first-order valence-electron chi connectivity index (χ1n) is 7.76. The highest BCUT2D eigenvalue weighted by molar-refractivity contribution is 5.97. The van der Waals surface area contributed by atoms with Crippen molar-refractivity contribution in [2.45, 2.75) is 25.4 Å². The predicted molar refractivity (Wildman–Crippen MR) is 84.5 cm³/mol. The summed E-state index contributed by atoms with van der Waals surface area (Å²) in [5.41, 5.74) is 0.484. The van der Waals surface area contributed by atoms with E-state index in [0.29, 0.717) is 24.4 Å². The van der Waals surface area contributed by atoms with Crippen LogP contribution in [0.3, 0.4) is 0 Å². The fraction of sp³-hybridized carbons (Fsp3) is 0.529. The largest absolute Gasteiger partial charge is 0.496 e. The topological polar surface area (TPSA) is 65.1 Å². The molecule has 1 atom stereocenters. The normalized spacial score (nSPS) is 16.9. The molecule has 0 radical (unpaired) electrons. The average Bonchev–Trinajstić information content (AvgIpc) is 3.10. The monoisotopic (exact) mass is 321 g/mol. The first-order valence-corrected chi connectivity index (χ1v) is 7.76. The summed E-state index contributed by atoms with van der Waals surface area (Å²) in [6.07, 6.45) is 2.10. The summed E-state index contributed by atoms with van der Waals surface area (Å²) in [5, 5.41) is 0. The van der Waals surface area contributed by atoms with Crippen LogP contribution in [0.1, 0.15) is 29.6 Å². The van der Waals surface area contributed by atoms with Crippen molar-refractivity contribution in [2.75, 3.05) is 33.9 Å². The van der Waals surface area contributed by atoms with Gasteiger partial charge < -0.3 is 19.1 Å².